The molecule has 114 valence electrons. The fraction of sp³-hybridized carbons (Fsp3) is 0.833. The molecule has 0 bridgehead atoms. The third-order valence-corrected chi connectivity index (χ3v) is 3.40. The van der Waals surface area contributed by atoms with Crippen LogP contribution in [-0.4, -0.2) is 22.9 Å². The van der Waals surface area contributed by atoms with Crippen molar-refractivity contribution >= 4 is 0 Å². The third-order valence-electron chi connectivity index (χ3n) is 3.40. The molecule has 0 saturated heterocycles. The van der Waals surface area contributed by atoms with Crippen LogP contribution in [0.4, 0.5) is 13.2 Å². The fourth-order valence-corrected chi connectivity index (χ4v) is 2.35. The van der Waals surface area contributed by atoms with E-state index in [1.54, 1.807) is 0 Å². The van der Waals surface area contributed by atoms with Crippen LogP contribution in [0.25, 0.3) is 0 Å². The predicted octanol–water partition coefficient (Wildman–Crippen LogP) is 2.66. The van der Waals surface area contributed by atoms with Gasteiger partial charge in [0, 0.05) is 0 Å². The molecule has 1 fully saturated rings. The van der Waals surface area contributed by atoms with Gasteiger partial charge in [0.2, 0.25) is 0 Å². The van der Waals surface area contributed by atoms with Gasteiger partial charge in [0.1, 0.15) is 13.2 Å². The van der Waals surface area contributed by atoms with E-state index in [4.69, 9.17) is 10.3 Å². The molecule has 1 aliphatic rings. The average molecular weight is 293 g/mol. The monoisotopic (exact) mass is 293 g/mol. The van der Waals surface area contributed by atoms with Crippen molar-refractivity contribution in [2.24, 2.45) is 5.73 Å². The first kappa shape index (κ1) is 15.2. The first-order valence-electron chi connectivity index (χ1n) is 6.65. The minimum absolute atomic E-state index is 0.0262. The summed E-state index contributed by atoms with van der Waals surface area (Å²) in [4.78, 5) is 4.07. The normalized spacial score (nSPS) is 19.8. The molecule has 20 heavy (non-hydrogen) atoms. The Labute approximate surface area is 114 Å². The van der Waals surface area contributed by atoms with E-state index in [1.807, 2.05) is 0 Å². The van der Waals surface area contributed by atoms with E-state index in [2.05, 4.69) is 14.9 Å². The highest BCUT2D eigenvalue weighted by Gasteiger charge is 2.33. The SMILES string of the molecule is NC1(c2noc(COCC(F)(F)F)n2)CCCCCC1. The van der Waals surface area contributed by atoms with Gasteiger partial charge in [-0.2, -0.15) is 18.2 Å². The number of nitrogens with two attached hydrogens (primary N) is 1. The average Bonchev–Trinajstić information content (AvgIpc) is 2.71. The summed E-state index contributed by atoms with van der Waals surface area (Å²) >= 11 is 0. The van der Waals surface area contributed by atoms with E-state index in [9.17, 15) is 13.2 Å². The van der Waals surface area contributed by atoms with Gasteiger partial charge in [0.25, 0.3) is 5.89 Å². The van der Waals surface area contributed by atoms with E-state index in [1.165, 1.54) is 0 Å². The van der Waals surface area contributed by atoms with E-state index in [0.717, 1.165) is 38.5 Å². The van der Waals surface area contributed by atoms with Crippen molar-refractivity contribution in [2.45, 2.75) is 56.8 Å². The van der Waals surface area contributed by atoms with Crippen LogP contribution < -0.4 is 5.73 Å². The maximum atomic E-state index is 11.9. The van der Waals surface area contributed by atoms with E-state index < -0.39 is 18.3 Å². The van der Waals surface area contributed by atoms with E-state index in [-0.39, 0.29) is 12.5 Å². The Kier molecular flexibility index (Phi) is 4.64. The Morgan fingerprint density at radius 1 is 1.20 bits per heavy atom. The lowest BCUT2D eigenvalue weighted by Crippen LogP contribution is -2.37. The van der Waals surface area contributed by atoms with Gasteiger partial charge in [-0.25, -0.2) is 0 Å². The summed E-state index contributed by atoms with van der Waals surface area (Å²) in [6.45, 7) is -1.69. The summed E-state index contributed by atoms with van der Waals surface area (Å²) in [5, 5.41) is 3.80. The van der Waals surface area contributed by atoms with Crippen molar-refractivity contribution in [2.75, 3.05) is 6.61 Å². The van der Waals surface area contributed by atoms with E-state index >= 15 is 0 Å². The Bertz CT molecular complexity index is 426. The maximum Gasteiger partial charge on any atom is 0.411 e. The highest BCUT2D eigenvalue weighted by molar-refractivity contribution is 5.04. The second-order valence-electron chi connectivity index (χ2n) is 5.19. The largest absolute Gasteiger partial charge is 0.411 e. The van der Waals surface area contributed by atoms with Gasteiger partial charge < -0.3 is 15.0 Å². The molecule has 0 radical (unpaired) electrons. The van der Waals surface area contributed by atoms with Crippen LogP contribution in [0.5, 0.6) is 0 Å². The molecule has 2 N–H and O–H groups in total. The van der Waals surface area contributed by atoms with Crippen LogP contribution in [0.1, 0.15) is 50.2 Å². The van der Waals surface area contributed by atoms with Crippen LogP contribution in [0, 0.1) is 0 Å². The Balaban J connectivity index is 1.94. The zero-order valence-corrected chi connectivity index (χ0v) is 11.1. The molecule has 5 nitrogen and oxygen atoms in total. The highest BCUT2D eigenvalue weighted by atomic mass is 19.4. The fourth-order valence-electron chi connectivity index (χ4n) is 2.35. The number of hydrogen-bond acceptors (Lipinski definition) is 5. The van der Waals surface area contributed by atoms with Crippen molar-refractivity contribution < 1.29 is 22.4 Å². The third kappa shape index (κ3) is 4.17. The predicted molar refractivity (Wildman–Crippen MR) is 63.6 cm³/mol. The standard InChI is InChI=1S/C12H18F3N3O2/c13-12(14,15)8-19-7-9-17-10(18-20-9)11(16)5-3-1-2-4-6-11/h1-8,16H2. The van der Waals surface area contributed by atoms with Crippen LogP contribution in [0.3, 0.4) is 0 Å². The lowest BCUT2D eigenvalue weighted by Gasteiger charge is -2.23. The number of rotatable bonds is 4. The van der Waals surface area contributed by atoms with E-state index in [0.29, 0.717) is 5.82 Å². The van der Waals surface area contributed by atoms with Crippen molar-refractivity contribution in [1.82, 2.24) is 10.1 Å². The lowest BCUT2D eigenvalue weighted by molar-refractivity contribution is -0.178. The smallest absolute Gasteiger partial charge is 0.362 e. The summed E-state index contributed by atoms with van der Waals surface area (Å²) in [5.41, 5.74) is 5.65. The molecule has 1 heterocycles. The minimum atomic E-state index is -4.36. The Morgan fingerprint density at radius 2 is 1.85 bits per heavy atom. The summed E-state index contributed by atoms with van der Waals surface area (Å²) in [6, 6.07) is 0. The number of alkyl halides is 3. The van der Waals surface area contributed by atoms with Crippen molar-refractivity contribution in [1.29, 1.82) is 0 Å². The topological polar surface area (TPSA) is 74.2 Å². The van der Waals surface area contributed by atoms with Gasteiger partial charge in [-0.3, -0.25) is 0 Å². The van der Waals surface area contributed by atoms with Crippen LogP contribution in [-0.2, 0) is 16.9 Å². The number of aromatic nitrogens is 2. The molecule has 0 amide bonds. The van der Waals surface area contributed by atoms with Crippen molar-refractivity contribution in [3.05, 3.63) is 11.7 Å². The summed E-state index contributed by atoms with van der Waals surface area (Å²) in [7, 11) is 0. The van der Waals surface area contributed by atoms with Crippen LogP contribution in [0.15, 0.2) is 4.52 Å². The molecule has 0 unspecified atom stereocenters. The number of hydrogen-bond donors (Lipinski definition) is 1. The van der Waals surface area contributed by atoms with Crippen LogP contribution >= 0.6 is 0 Å². The molecule has 0 aromatic carbocycles. The van der Waals surface area contributed by atoms with Crippen molar-refractivity contribution in [3.8, 4) is 0 Å². The Hall–Kier alpha value is -1.15. The highest BCUT2D eigenvalue weighted by Crippen LogP contribution is 2.32. The maximum absolute atomic E-state index is 11.9. The van der Waals surface area contributed by atoms with Gasteiger partial charge in [-0.15, -0.1) is 0 Å². The molecule has 2 rings (SSSR count). The number of nitrogens with zero attached hydrogens (tertiary/aromatic N) is 2. The molecule has 1 aliphatic carbocycles. The lowest BCUT2D eigenvalue weighted by atomic mass is 9.91. The van der Waals surface area contributed by atoms with Gasteiger partial charge in [0.05, 0.1) is 5.54 Å². The molecule has 8 heteroatoms. The summed E-state index contributed by atoms with van der Waals surface area (Å²) in [5.74, 6) is 0.392. The molecule has 1 aromatic rings. The summed E-state index contributed by atoms with van der Waals surface area (Å²) in [6.07, 6.45) is 1.39. The molecular weight excluding hydrogens is 275 g/mol. The van der Waals surface area contributed by atoms with Gasteiger partial charge >= 0.3 is 6.18 Å². The minimum Gasteiger partial charge on any atom is -0.362 e. The molecule has 0 aliphatic heterocycles. The van der Waals surface area contributed by atoms with Gasteiger partial charge in [-0.1, -0.05) is 30.8 Å². The molecular formula is C12H18F3N3O2. The quantitative estimate of drug-likeness (QED) is 0.864. The molecule has 0 atom stereocenters. The van der Waals surface area contributed by atoms with Gasteiger partial charge in [-0.05, 0) is 12.8 Å². The Morgan fingerprint density at radius 3 is 2.45 bits per heavy atom. The summed E-state index contributed by atoms with van der Waals surface area (Å²) < 4.78 is 45.2. The first-order valence-corrected chi connectivity index (χ1v) is 6.65. The zero-order chi connectivity index (χ0) is 14.6. The molecule has 1 aromatic heterocycles. The van der Waals surface area contributed by atoms with Gasteiger partial charge in [0.15, 0.2) is 5.82 Å². The number of halogens is 3. The molecule has 1 saturated carbocycles. The van der Waals surface area contributed by atoms with Crippen molar-refractivity contribution in [3.63, 3.8) is 0 Å². The molecule has 0 spiro atoms. The zero-order valence-electron chi connectivity index (χ0n) is 11.1. The second-order valence-corrected chi connectivity index (χ2v) is 5.19. The second kappa shape index (κ2) is 6.09. The van der Waals surface area contributed by atoms with Crippen LogP contribution in [0.2, 0.25) is 0 Å². The number of ether oxygens (including phenoxy) is 1. The first-order chi connectivity index (χ1) is 9.39.